The van der Waals surface area contributed by atoms with Crippen molar-refractivity contribution in [1.29, 1.82) is 0 Å². The summed E-state index contributed by atoms with van der Waals surface area (Å²) in [5, 5.41) is 3.48. The molecule has 2 saturated heterocycles. The SMILES string of the molecule is CNC1CCN(C2CCCN(C)C2)C(C)C1C. The second-order valence-electron chi connectivity index (χ2n) is 6.08. The van der Waals surface area contributed by atoms with Crippen molar-refractivity contribution in [3.8, 4) is 0 Å². The van der Waals surface area contributed by atoms with E-state index in [0.717, 1.165) is 18.0 Å². The monoisotopic (exact) mass is 239 g/mol. The molecule has 0 aromatic heterocycles. The Morgan fingerprint density at radius 1 is 1.12 bits per heavy atom. The highest BCUT2D eigenvalue weighted by Crippen LogP contribution is 2.28. The van der Waals surface area contributed by atoms with Crippen LogP contribution >= 0.6 is 0 Å². The predicted molar refractivity (Wildman–Crippen MR) is 73.3 cm³/mol. The summed E-state index contributed by atoms with van der Waals surface area (Å²) in [6.07, 6.45) is 4.07. The van der Waals surface area contributed by atoms with Gasteiger partial charge in [0.25, 0.3) is 0 Å². The molecule has 2 fully saturated rings. The summed E-state index contributed by atoms with van der Waals surface area (Å²) in [6.45, 7) is 8.65. The zero-order valence-electron chi connectivity index (χ0n) is 11.9. The van der Waals surface area contributed by atoms with Gasteiger partial charge in [0.15, 0.2) is 0 Å². The van der Waals surface area contributed by atoms with Crippen molar-refractivity contribution in [2.45, 2.75) is 51.2 Å². The van der Waals surface area contributed by atoms with Crippen molar-refractivity contribution < 1.29 is 0 Å². The number of nitrogens with one attached hydrogen (secondary N) is 1. The molecule has 0 bridgehead atoms. The summed E-state index contributed by atoms with van der Waals surface area (Å²) >= 11 is 0. The molecule has 3 heteroatoms. The van der Waals surface area contributed by atoms with E-state index in [9.17, 15) is 0 Å². The Labute approximate surface area is 107 Å². The maximum Gasteiger partial charge on any atom is 0.0226 e. The van der Waals surface area contributed by atoms with Gasteiger partial charge in [-0.3, -0.25) is 4.90 Å². The first-order chi connectivity index (χ1) is 8.13. The van der Waals surface area contributed by atoms with Crippen molar-refractivity contribution in [2.75, 3.05) is 33.7 Å². The fraction of sp³-hybridized carbons (Fsp3) is 1.00. The molecule has 100 valence electrons. The molecule has 0 spiro atoms. The minimum Gasteiger partial charge on any atom is -0.317 e. The topological polar surface area (TPSA) is 18.5 Å². The maximum absolute atomic E-state index is 3.48. The fourth-order valence-electron chi connectivity index (χ4n) is 3.73. The molecule has 0 amide bonds. The van der Waals surface area contributed by atoms with Crippen LogP contribution in [0.25, 0.3) is 0 Å². The molecule has 0 radical (unpaired) electrons. The first-order valence-corrected chi connectivity index (χ1v) is 7.25. The number of likely N-dealkylation sites (N-methyl/N-ethyl adjacent to an activating group) is 1. The molecule has 4 atom stereocenters. The standard InChI is InChI=1S/C14H29N3/c1-11-12(2)17(9-7-14(11)15-3)13-6-5-8-16(4)10-13/h11-15H,5-10H2,1-4H3. The Hall–Kier alpha value is -0.120. The minimum absolute atomic E-state index is 0.711. The van der Waals surface area contributed by atoms with E-state index in [4.69, 9.17) is 0 Å². The largest absolute Gasteiger partial charge is 0.317 e. The highest BCUT2D eigenvalue weighted by atomic mass is 15.3. The molecular weight excluding hydrogens is 210 g/mol. The van der Waals surface area contributed by atoms with Gasteiger partial charge in [-0.2, -0.15) is 0 Å². The van der Waals surface area contributed by atoms with Gasteiger partial charge in [-0.1, -0.05) is 6.92 Å². The molecule has 2 aliphatic rings. The number of rotatable bonds is 2. The van der Waals surface area contributed by atoms with Crippen LogP contribution in [0.2, 0.25) is 0 Å². The second-order valence-corrected chi connectivity index (χ2v) is 6.08. The van der Waals surface area contributed by atoms with E-state index in [1.165, 1.54) is 38.9 Å². The van der Waals surface area contributed by atoms with Crippen LogP contribution in [0.4, 0.5) is 0 Å². The highest BCUT2D eigenvalue weighted by molar-refractivity contribution is 4.92. The van der Waals surface area contributed by atoms with Gasteiger partial charge in [-0.15, -0.1) is 0 Å². The lowest BCUT2D eigenvalue weighted by atomic mass is 9.85. The van der Waals surface area contributed by atoms with E-state index >= 15 is 0 Å². The number of hydrogen-bond donors (Lipinski definition) is 1. The molecule has 0 saturated carbocycles. The van der Waals surface area contributed by atoms with E-state index in [0.29, 0.717) is 6.04 Å². The Bertz CT molecular complexity index is 244. The summed E-state index contributed by atoms with van der Waals surface area (Å²) in [6, 6.07) is 2.23. The van der Waals surface area contributed by atoms with Gasteiger partial charge in [0.1, 0.15) is 0 Å². The van der Waals surface area contributed by atoms with Crippen LogP contribution in [0.5, 0.6) is 0 Å². The lowest BCUT2D eigenvalue weighted by Gasteiger charge is -2.48. The Kier molecular flexibility index (Phi) is 4.45. The molecule has 2 heterocycles. The summed E-state index contributed by atoms with van der Waals surface area (Å²) in [7, 11) is 4.37. The highest BCUT2D eigenvalue weighted by Gasteiger charge is 2.36. The third kappa shape index (κ3) is 2.83. The fourth-order valence-corrected chi connectivity index (χ4v) is 3.73. The van der Waals surface area contributed by atoms with Crippen LogP contribution in [0.1, 0.15) is 33.1 Å². The van der Waals surface area contributed by atoms with Crippen LogP contribution < -0.4 is 5.32 Å². The van der Waals surface area contributed by atoms with Crippen LogP contribution in [0.15, 0.2) is 0 Å². The summed E-state index contributed by atoms with van der Waals surface area (Å²) in [5.41, 5.74) is 0. The maximum atomic E-state index is 3.48. The average Bonchev–Trinajstić information content (AvgIpc) is 2.32. The molecule has 0 aromatic carbocycles. The van der Waals surface area contributed by atoms with Gasteiger partial charge < -0.3 is 10.2 Å². The summed E-state index contributed by atoms with van der Waals surface area (Å²) in [4.78, 5) is 5.27. The van der Waals surface area contributed by atoms with E-state index in [2.05, 4.69) is 43.1 Å². The van der Waals surface area contributed by atoms with E-state index < -0.39 is 0 Å². The van der Waals surface area contributed by atoms with Gasteiger partial charge in [0.05, 0.1) is 0 Å². The molecule has 2 aliphatic heterocycles. The second kappa shape index (κ2) is 5.68. The number of nitrogens with zero attached hydrogens (tertiary/aromatic N) is 2. The first kappa shape index (κ1) is 13.3. The predicted octanol–water partition coefficient (Wildman–Crippen LogP) is 1.40. The van der Waals surface area contributed by atoms with Crippen molar-refractivity contribution in [3.05, 3.63) is 0 Å². The van der Waals surface area contributed by atoms with Crippen LogP contribution in [-0.4, -0.2) is 61.7 Å². The van der Waals surface area contributed by atoms with Gasteiger partial charge in [0, 0.05) is 31.2 Å². The zero-order chi connectivity index (χ0) is 12.4. The molecule has 3 nitrogen and oxygen atoms in total. The molecular formula is C14H29N3. The third-order valence-electron chi connectivity index (χ3n) is 5.06. The third-order valence-corrected chi connectivity index (χ3v) is 5.06. The smallest absolute Gasteiger partial charge is 0.0226 e. The van der Waals surface area contributed by atoms with Crippen molar-refractivity contribution in [3.63, 3.8) is 0 Å². The normalized spacial score (nSPS) is 41.6. The molecule has 4 unspecified atom stereocenters. The minimum atomic E-state index is 0.711. The number of likely N-dealkylation sites (tertiary alicyclic amines) is 2. The van der Waals surface area contributed by atoms with Gasteiger partial charge in [-0.25, -0.2) is 0 Å². The number of piperidine rings is 2. The summed E-state index contributed by atoms with van der Waals surface area (Å²) in [5.74, 6) is 0.765. The van der Waals surface area contributed by atoms with Crippen molar-refractivity contribution >= 4 is 0 Å². The quantitative estimate of drug-likeness (QED) is 0.786. The first-order valence-electron chi connectivity index (χ1n) is 7.25. The van der Waals surface area contributed by atoms with E-state index in [1.54, 1.807) is 0 Å². The van der Waals surface area contributed by atoms with Gasteiger partial charge in [-0.05, 0) is 52.7 Å². The summed E-state index contributed by atoms with van der Waals surface area (Å²) < 4.78 is 0. The molecule has 0 aromatic rings. The van der Waals surface area contributed by atoms with Gasteiger partial charge in [0.2, 0.25) is 0 Å². The lowest BCUT2D eigenvalue weighted by molar-refractivity contribution is 0.0193. The molecule has 0 aliphatic carbocycles. The number of hydrogen-bond acceptors (Lipinski definition) is 3. The Morgan fingerprint density at radius 3 is 2.53 bits per heavy atom. The zero-order valence-corrected chi connectivity index (χ0v) is 11.9. The van der Waals surface area contributed by atoms with Crippen LogP contribution in [-0.2, 0) is 0 Å². The lowest BCUT2D eigenvalue weighted by Crippen LogP contribution is -2.58. The molecule has 17 heavy (non-hydrogen) atoms. The molecule has 2 rings (SSSR count). The van der Waals surface area contributed by atoms with Gasteiger partial charge >= 0.3 is 0 Å². The van der Waals surface area contributed by atoms with E-state index in [-0.39, 0.29) is 0 Å². The van der Waals surface area contributed by atoms with Crippen molar-refractivity contribution in [1.82, 2.24) is 15.1 Å². The molecule has 1 N–H and O–H groups in total. The Morgan fingerprint density at radius 2 is 1.88 bits per heavy atom. The van der Waals surface area contributed by atoms with Crippen molar-refractivity contribution in [2.24, 2.45) is 5.92 Å². The van der Waals surface area contributed by atoms with Crippen LogP contribution in [0, 0.1) is 5.92 Å². The average molecular weight is 239 g/mol. The Balaban J connectivity index is 1.97. The van der Waals surface area contributed by atoms with E-state index in [1.807, 2.05) is 0 Å². The van der Waals surface area contributed by atoms with Crippen LogP contribution in [0.3, 0.4) is 0 Å².